The van der Waals surface area contributed by atoms with E-state index in [0.29, 0.717) is 6.61 Å². The summed E-state index contributed by atoms with van der Waals surface area (Å²) < 4.78 is 0. The maximum Gasteiger partial charge on any atom is 0.0528 e. The van der Waals surface area contributed by atoms with E-state index in [-0.39, 0.29) is 5.41 Å². The monoisotopic (exact) mass is 194 g/mol. The van der Waals surface area contributed by atoms with E-state index < -0.39 is 0 Å². The SMILES string of the molecule is CSc1ccccc1C1(CO)CC1. The van der Waals surface area contributed by atoms with E-state index in [1.165, 1.54) is 10.5 Å². The fourth-order valence-corrected chi connectivity index (χ4v) is 2.47. The number of aliphatic hydroxyl groups is 1. The lowest BCUT2D eigenvalue weighted by atomic mass is 9.97. The van der Waals surface area contributed by atoms with Crippen LogP contribution >= 0.6 is 11.8 Å². The van der Waals surface area contributed by atoms with Crippen LogP contribution in [0.2, 0.25) is 0 Å². The Hall–Kier alpha value is -0.470. The highest BCUT2D eigenvalue weighted by molar-refractivity contribution is 7.98. The van der Waals surface area contributed by atoms with Gasteiger partial charge in [-0.15, -0.1) is 11.8 Å². The summed E-state index contributed by atoms with van der Waals surface area (Å²) in [5, 5.41) is 9.32. The fourth-order valence-electron chi connectivity index (χ4n) is 1.75. The highest BCUT2D eigenvalue weighted by atomic mass is 32.2. The standard InChI is InChI=1S/C11H14OS/c1-13-10-5-3-2-4-9(10)11(8-12)6-7-11/h2-5,12H,6-8H2,1H3. The summed E-state index contributed by atoms with van der Waals surface area (Å²) >= 11 is 1.77. The summed E-state index contributed by atoms with van der Waals surface area (Å²) in [7, 11) is 0. The lowest BCUT2D eigenvalue weighted by Crippen LogP contribution is -2.12. The molecule has 1 aliphatic rings. The van der Waals surface area contributed by atoms with Crippen molar-refractivity contribution in [2.24, 2.45) is 0 Å². The summed E-state index contributed by atoms with van der Waals surface area (Å²) in [6.45, 7) is 0.296. The number of thioether (sulfide) groups is 1. The molecule has 0 heterocycles. The molecule has 0 aromatic heterocycles. The average molecular weight is 194 g/mol. The minimum atomic E-state index is 0.111. The van der Waals surface area contributed by atoms with Crippen LogP contribution in [-0.4, -0.2) is 18.0 Å². The summed E-state index contributed by atoms with van der Waals surface area (Å²) in [5.41, 5.74) is 1.45. The van der Waals surface area contributed by atoms with Crippen LogP contribution in [0.15, 0.2) is 29.2 Å². The third-order valence-electron chi connectivity index (χ3n) is 2.83. The Morgan fingerprint density at radius 3 is 2.62 bits per heavy atom. The Labute approximate surface area is 83.2 Å². The summed E-state index contributed by atoms with van der Waals surface area (Å²) in [5.74, 6) is 0. The second-order valence-corrected chi connectivity index (χ2v) is 4.49. The van der Waals surface area contributed by atoms with Gasteiger partial charge in [-0.25, -0.2) is 0 Å². The first-order chi connectivity index (χ1) is 6.32. The molecule has 0 radical (unpaired) electrons. The number of hydrogen-bond acceptors (Lipinski definition) is 2. The molecule has 0 spiro atoms. The first-order valence-corrected chi connectivity index (χ1v) is 5.79. The highest BCUT2D eigenvalue weighted by Crippen LogP contribution is 2.50. The molecular weight excluding hydrogens is 180 g/mol. The Bertz CT molecular complexity index is 305. The maximum absolute atomic E-state index is 9.32. The summed E-state index contributed by atoms with van der Waals surface area (Å²) in [6, 6.07) is 8.40. The quantitative estimate of drug-likeness (QED) is 0.746. The molecule has 1 aromatic rings. The average Bonchev–Trinajstić information content (AvgIpc) is 2.98. The zero-order valence-electron chi connectivity index (χ0n) is 7.79. The molecule has 1 aliphatic carbocycles. The molecule has 1 N–H and O–H groups in total. The smallest absolute Gasteiger partial charge is 0.0528 e. The second kappa shape index (κ2) is 3.35. The molecule has 0 amide bonds. The first kappa shape index (κ1) is 9.10. The maximum atomic E-state index is 9.32. The molecule has 0 unspecified atom stereocenters. The van der Waals surface area contributed by atoms with Crippen molar-refractivity contribution in [3.8, 4) is 0 Å². The minimum Gasteiger partial charge on any atom is -0.395 e. The van der Waals surface area contributed by atoms with Gasteiger partial charge in [0.15, 0.2) is 0 Å². The molecular formula is C11H14OS. The molecule has 1 saturated carbocycles. The predicted octanol–water partition coefficient (Wildman–Crippen LogP) is 2.43. The fraction of sp³-hybridized carbons (Fsp3) is 0.455. The molecule has 70 valence electrons. The van der Waals surface area contributed by atoms with Gasteiger partial charge in [0.2, 0.25) is 0 Å². The third-order valence-corrected chi connectivity index (χ3v) is 3.63. The molecule has 0 saturated heterocycles. The normalized spacial score (nSPS) is 18.6. The van der Waals surface area contributed by atoms with Crippen molar-refractivity contribution in [2.75, 3.05) is 12.9 Å². The number of aliphatic hydroxyl groups excluding tert-OH is 1. The zero-order chi connectivity index (χ0) is 9.31. The van der Waals surface area contributed by atoms with Gasteiger partial charge >= 0.3 is 0 Å². The van der Waals surface area contributed by atoms with Crippen LogP contribution in [0.5, 0.6) is 0 Å². The lowest BCUT2D eigenvalue weighted by molar-refractivity contribution is 0.253. The number of rotatable bonds is 3. The first-order valence-electron chi connectivity index (χ1n) is 4.57. The molecule has 13 heavy (non-hydrogen) atoms. The number of hydrogen-bond donors (Lipinski definition) is 1. The van der Waals surface area contributed by atoms with E-state index in [4.69, 9.17) is 0 Å². The van der Waals surface area contributed by atoms with Gasteiger partial charge < -0.3 is 5.11 Å². The second-order valence-electron chi connectivity index (χ2n) is 3.64. The van der Waals surface area contributed by atoms with E-state index >= 15 is 0 Å². The van der Waals surface area contributed by atoms with Gasteiger partial charge in [-0.1, -0.05) is 18.2 Å². The van der Waals surface area contributed by atoms with E-state index in [0.717, 1.165) is 12.8 Å². The van der Waals surface area contributed by atoms with Gasteiger partial charge in [-0.2, -0.15) is 0 Å². The van der Waals surface area contributed by atoms with Crippen LogP contribution in [-0.2, 0) is 5.41 Å². The molecule has 1 fully saturated rings. The largest absolute Gasteiger partial charge is 0.395 e. The zero-order valence-corrected chi connectivity index (χ0v) is 8.60. The van der Waals surface area contributed by atoms with Crippen LogP contribution in [0, 0.1) is 0 Å². The molecule has 1 aromatic carbocycles. The van der Waals surface area contributed by atoms with Crippen molar-refractivity contribution in [1.82, 2.24) is 0 Å². The lowest BCUT2D eigenvalue weighted by Gasteiger charge is -2.15. The van der Waals surface area contributed by atoms with Crippen LogP contribution in [0.4, 0.5) is 0 Å². The molecule has 1 nitrogen and oxygen atoms in total. The highest BCUT2D eigenvalue weighted by Gasteiger charge is 2.44. The Balaban J connectivity index is 2.39. The molecule has 0 atom stereocenters. The van der Waals surface area contributed by atoms with Crippen LogP contribution in [0.3, 0.4) is 0 Å². The Kier molecular flexibility index (Phi) is 2.35. The predicted molar refractivity (Wildman–Crippen MR) is 56.2 cm³/mol. The summed E-state index contributed by atoms with van der Waals surface area (Å²) in [6.07, 6.45) is 4.37. The molecule has 0 aliphatic heterocycles. The Morgan fingerprint density at radius 2 is 2.08 bits per heavy atom. The van der Waals surface area contributed by atoms with Crippen molar-refractivity contribution >= 4 is 11.8 Å². The van der Waals surface area contributed by atoms with E-state index in [2.05, 4.69) is 30.5 Å². The van der Waals surface area contributed by atoms with E-state index in [1.54, 1.807) is 11.8 Å². The topological polar surface area (TPSA) is 20.2 Å². The van der Waals surface area contributed by atoms with Crippen LogP contribution in [0.1, 0.15) is 18.4 Å². The van der Waals surface area contributed by atoms with E-state index in [9.17, 15) is 5.11 Å². The van der Waals surface area contributed by atoms with Gasteiger partial charge in [-0.05, 0) is 30.7 Å². The van der Waals surface area contributed by atoms with Crippen molar-refractivity contribution < 1.29 is 5.11 Å². The molecule has 0 bridgehead atoms. The van der Waals surface area contributed by atoms with Crippen molar-refractivity contribution in [3.05, 3.63) is 29.8 Å². The number of benzene rings is 1. The van der Waals surface area contributed by atoms with Gasteiger partial charge in [0.05, 0.1) is 6.61 Å². The van der Waals surface area contributed by atoms with Crippen LogP contribution in [0.25, 0.3) is 0 Å². The Morgan fingerprint density at radius 1 is 1.38 bits per heavy atom. The molecule has 2 heteroatoms. The van der Waals surface area contributed by atoms with Gasteiger partial charge in [0.25, 0.3) is 0 Å². The van der Waals surface area contributed by atoms with Crippen molar-refractivity contribution in [3.63, 3.8) is 0 Å². The van der Waals surface area contributed by atoms with Crippen molar-refractivity contribution in [1.29, 1.82) is 0 Å². The van der Waals surface area contributed by atoms with E-state index in [1.807, 2.05) is 0 Å². The van der Waals surface area contributed by atoms with Crippen LogP contribution < -0.4 is 0 Å². The minimum absolute atomic E-state index is 0.111. The van der Waals surface area contributed by atoms with Gasteiger partial charge in [-0.3, -0.25) is 0 Å². The van der Waals surface area contributed by atoms with Crippen molar-refractivity contribution in [2.45, 2.75) is 23.2 Å². The van der Waals surface area contributed by atoms with Gasteiger partial charge in [0.1, 0.15) is 0 Å². The third kappa shape index (κ3) is 1.49. The summed E-state index contributed by atoms with van der Waals surface area (Å²) in [4.78, 5) is 1.31. The van der Waals surface area contributed by atoms with Gasteiger partial charge in [0, 0.05) is 10.3 Å². The molecule has 2 rings (SSSR count).